The van der Waals surface area contributed by atoms with Gasteiger partial charge in [0.15, 0.2) is 17.4 Å². The molecular weight excluding hydrogens is 404 g/mol. The highest BCUT2D eigenvalue weighted by molar-refractivity contribution is 5.97. The molecule has 6 atom stereocenters. The van der Waals surface area contributed by atoms with Crippen molar-refractivity contribution in [3.8, 4) is 5.75 Å². The van der Waals surface area contributed by atoms with Gasteiger partial charge in [-0.05, 0) is 30.7 Å². The molecule has 3 rings (SSSR count). The number of aliphatic hydroxyl groups excluding tert-OH is 3. The molecule has 0 bridgehead atoms. The fourth-order valence-electron chi connectivity index (χ4n) is 3.48. The summed E-state index contributed by atoms with van der Waals surface area (Å²) >= 11 is 0. The van der Waals surface area contributed by atoms with Gasteiger partial charge in [0.1, 0.15) is 43.9 Å². The highest BCUT2D eigenvalue weighted by Crippen LogP contribution is 2.30. The van der Waals surface area contributed by atoms with Crippen molar-refractivity contribution in [2.75, 3.05) is 13.4 Å². The van der Waals surface area contributed by atoms with Crippen LogP contribution in [-0.2, 0) is 14.3 Å². The summed E-state index contributed by atoms with van der Waals surface area (Å²) in [5, 5.41) is 33.2. The molecule has 1 aromatic rings. The lowest BCUT2D eigenvalue weighted by molar-refractivity contribution is -0.155. The molecule has 1 heterocycles. The third-order valence-electron chi connectivity index (χ3n) is 5.01. The van der Waals surface area contributed by atoms with Gasteiger partial charge in [-0.15, -0.1) is 0 Å². The van der Waals surface area contributed by atoms with E-state index >= 15 is 0 Å². The van der Waals surface area contributed by atoms with Crippen molar-refractivity contribution in [3.05, 3.63) is 47.6 Å². The van der Waals surface area contributed by atoms with Gasteiger partial charge in [0, 0.05) is 5.57 Å². The Morgan fingerprint density at radius 3 is 2.40 bits per heavy atom. The molecule has 0 unspecified atom stereocenters. The Hall–Kier alpha value is -2.37. The standard InChI is InChI=1S/C20H23F2NO7/c1-3-4-28-17-11(21)6-10(7-12(17)22)5-9(2)20(27)23-13-14(24)16(26)19-18(15(13)25)29-8-30-19/h3,5-7,13-16,18-19,24-26H,1,4,8H2,2H3,(H,23,27)/b9-5-/t13-,14+,15-,16-,18+,19-/m1/s1. The third-order valence-corrected chi connectivity index (χ3v) is 5.01. The Balaban J connectivity index is 1.74. The fourth-order valence-corrected chi connectivity index (χ4v) is 3.48. The van der Waals surface area contributed by atoms with Crippen molar-refractivity contribution in [2.45, 2.75) is 43.5 Å². The maximum Gasteiger partial charge on any atom is 0.247 e. The van der Waals surface area contributed by atoms with Gasteiger partial charge >= 0.3 is 0 Å². The first kappa shape index (κ1) is 22.3. The van der Waals surface area contributed by atoms with E-state index in [4.69, 9.17) is 14.2 Å². The Bertz CT molecular complexity index is 823. The van der Waals surface area contributed by atoms with Gasteiger partial charge in [-0.3, -0.25) is 4.79 Å². The van der Waals surface area contributed by atoms with E-state index in [0.717, 1.165) is 12.1 Å². The lowest BCUT2D eigenvalue weighted by Crippen LogP contribution is -2.67. The fraction of sp³-hybridized carbons (Fsp3) is 0.450. The SMILES string of the molecule is C=CCOc1c(F)cc(/C=C(/C)C(=O)N[C@@H]2[C@H](O)[C@@H](O)[C@H]3OCO[C@H]3[C@@H]2O)cc1F. The van der Waals surface area contributed by atoms with Crippen LogP contribution in [-0.4, -0.2) is 71.2 Å². The van der Waals surface area contributed by atoms with E-state index in [1.165, 1.54) is 19.1 Å². The second-order valence-electron chi connectivity index (χ2n) is 7.09. The molecule has 4 N–H and O–H groups in total. The summed E-state index contributed by atoms with van der Waals surface area (Å²) in [4.78, 5) is 12.5. The highest BCUT2D eigenvalue weighted by atomic mass is 19.1. The summed E-state index contributed by atoms with van der Waals surface area (Å²) in [5.74, 6) is -3.15. The van der Waals surface area contributed by atoms with E-state index < -0.39 is 59.9 Å². The number of ether oxygens (including phenoxy) is 3. The first-order valence-corrected chi connectivity index (χ1v) is 9.24. The maximum absolute atomic E-state index is 14.1. The summed E-state index contributed by atoms with van der Waals surface area (Å²) in [5.41, 5.74) is 0.120. The third kappa shape index (κ3) is 4.37. The van der Waals surface area contributed by atoms with Crippen molar-refractivity contribution in [2.24, 2.45) is 0 Å². The Kier molecular flexibility index (Phi) is 6.84. The molecule has 1 amide bonds. The molecule has 0 radical (unpaired) electrons. The highest BCUT2D eigenvalue weighted by Gasteiger charge is 2.53. The van der Waals surface area contributed by atoms with E-state index in [1.807, 2.05) is 0 Å². The molecule has 1 saturated carbocycles. The van der Waals surface area contributed by atoms with E-state index in [9.17, 15) is 28.9 Å². The molecule has 10 heteroatoms. The number of amides is 1. The van der Waals surface area contributed by atoms with Gasteiger partial charge in [0.2, 0.25) is 5.91 Å². The molecule has 1 aliphatic heterocycles. The van der Waals surface area contributed by atoms with Crippen LogP contribution in [0.4, 0.5) is 8.78 Å². The zero-order valence-electron chi connectivity index (χ0n) is 16.1. The van der Waals surface area contributed by atoms with Crippen LogP contribution in [0.1, 0.15) is 12.5 Å². The second-order valence-corrected chi connectivity index (χ2v) is 7.09. The Morgan fingerprint density at radius 1 is 1.20 bits per heavy atom. The molecule has 0 aromatic heterocycles. The van der Waals surface area contributed by atoms with Crippen LogP contribution in [0.2, 0.25) is 0 Å². The Labute approximate surface area is 171 Å². The lowest BCUT2D eigenvalue weighted by atomic mass is 9.83. The van der Waals surface area contributed by atoms with Crippen LogP contribution in [0, 0.1) is 11.6 Å². The number of carbonyl (C=O) groups is 1. The maximum atomic E-state index is 14.1. The molecule has 0 spiro atoms. The van der Waals surface area contributed by atoms with Crippen LogP contribution < -0.4 is 10.1 Å². The average Bonchev–Trinajstić information content (AvgIpc) is 3.19. The minimum atomic E-state index is -1.50. The minimum Gasteiger partial charge on any atom is -0.483 e. The van der Waals surface area contributed by atoms with E-state index in [1.54, 1.807) is 0 Å². The van der Waals surface area contributed by atoms with Gasteiger partial charge in [-0.25, -0.2) is 8.78 Å². The quantitative estimate of drug-likeness (QED) is 0.380. The van der Waals surface area contributed by atoms with Gasteiger partial charge in [0.25, 0.3) is 0 Å². The smallest absolute Gasteiger partial charge is 0.247 e. The molecule has 30 heavy (non-hydrogen) atoms. The van der Waals surface area contributed by atoms with Crippen molar-refractivity contribution in [1.82, 2.24) is 5.32 Å². The van der Waals surface area contributed by atoms with Crippen molar-refractivity contribution >= 4 is 12.0 Å². The summed E-state index contributed by atoms with van der Waals surface area (Å²) in [6.45, 7) is 4.57. The molecule has 1 aliphatic carbocycles. The number of benzene rings is 1. The Morgan fingerprint density at radius 2 is 1.80 bits per heavy atom. The average molecular weight is 427 g/mol. The topological polar surface area (TPSA) is 117 Å². The monoisotopic (exact) mass is 427 g/mol. The zero-order valence-corrected chi connectivity index (χ0v) is 16.1. The number of aliphatic hydroxyl groups is 3. The second kappa shape index (κ2) is 9.19. The van der Waals surface area contributed by atoms with E-state index in [2.05, 4.69) is 11.9 Å². The minimum absolute atomic E-state index is 0.0492. The molecule has 1 saturated heterocycles. The first-order valence-electron chi connectivity index (χ1n) is 9.24. The number of hydrogen-bond donors (Lipinski definition) is 4. The van der Waals surface area contributed by atoms with Crippen LogP contribution in [0.3, 0.4) is 0 Å². The normalized spacial score (nSPS) is 31.2. The summed E-state index contributed by atoms with van der Waals surface area (Å²) < 4.78 is 43.4. The lowest BCUT2D eigenvalue weighted by Gasteiger charge is -2.41. The number of nitrogens with one attached hydrogen (secondary N) is 1. The molecule has 8 nitrogen and oxygen atoms in total. The zero-order chi connectivity index (χ0) is 22.0. The van der Waals surface area contributed by atoms with Crippen LogP contribution in [0.5, 0.6) is 5.75 Å². The van der Waals surface area contributed by atoms with Gasteiger partial charge in [0.05, 0.1) is 6.04 Å². The molecule has 2 fully saturated rings. The molecular formula is C20H23F2NO7. The summed E-state index contributed by atoms with van der Waals surface area (Å²) in [6.07, 6.45) is -3.45. The predicted molar refractivity (Wildman–Crippen MR) is 100 cm³/mol. The number of carbonyl (C=O) groups excluding carboxylic acids is 1. The van der Waals surface area contributed by atoms with E-state index in [0.29, 0.717) is 0 Å². The van der Waals surface area contributed by atoms with Crippen molar-refractivity contribution < 1.29 is 43.1 Å². The van der Waals surface area contributed by atoms with Crippen molar-refractivity contribution in [3.63, 3.8) is 0 Å². The number of rotatable bonds is 6. The van der Waals surface area contributed by atoms with Crippen LogP contribution in [0.25, 0.3) is 6.08 Å². The van der Waals surface area contributed by atoms with Crippen LogP contribution in [0.15, 0.2) is 30.4 Å². The van der Waals surface area contributed by atoms with E-state index in [-0.39, 0.29) is 24.5 Å². The predicted octanol–water partition coefficient (Wildman–Crippen LogP) is 0.255. The van der Waals surface area contributed by atoms with Crippen molar-refractivity contribution in [1.29, 1.82) is 0 Å². The van der Waals surface area contributed by atoms with Crippen LogP contribution >= 0.6 is 0 Å². The largest absolute Gasteiger partial charge is 0.483 e. The molecule has 2 aliphatic rings. The summed E-state index contributed by atoms with van der Waals surface area (Å²) in [6, 6.07) is 0.767. The number of halogens is 2. The number of fused-ring (bicyclic) bond motifs is 1. The molecule has 1 aromatic carbocycles. The summed E-state index contributed by atoms with van der Waals surface area (Å²) in [7, 11) is 0. The molecule has 164 valence electrons. The number of hydrogen-bond acceptors (Lipinski definition) is 7. The first-order chi connectivity index (χ1) is 14.2. The van der Waals surface area contributed by atoms with Gasteiger partial charge in [-0.1, -0.05) is 12.7 Å². The van der Waals surface area contributed by atoms with Gasteiger partial charge < -0.3 is 34.8 Å². The van der Waals surface area contributed by atoms with Gasteiger partial charge in [-0.2, -0.15) is 0 Å².